The third kappa shape index (κ3) is 6.62. The van der Waals surface area contributed by atoms with Gasteiger partial charge in [-0.3, -0.25) is 15.0 Å². The van der Waals surface area contributed by atoms with Gasteiger partial charge in [-0.25, -0.2) is 13.1 Å². The molecule has 2 aromatic carbocycles. The molecule has 182 valence electrons. The van der Waals surface area contributed by atoms with E-state index in [4.69, 9.17) is 11.1 Å². The molecule has 2 atom stereocenters. The van der Waals surface area contributed by atoms with Crippen molar-refractivity contribution in [2.75, 3.05) is 13.2 Å². The number of benzene rings is 2. The van der Waals surface area contributed by atoms with Gasteiger partial charge in [-0.05, 0) is 24.0 Å². The molecule has 34 heavy (non-hydrogen) atoms. The molecule has 0 saturated carbocycles. The summed E-state index contributed by atoms with van der Waals surface area (Å²) >= 11 is 0. The lowest BCUT2D eigenvalue weighted by molar-refractivity contribution is -0.140. The Morgan fingerprint density at radius 2 is 1.79 bits per heavy atom. The van der Waals surface area contributed by atoms with Crippen LogP contribution in [0.25, 0.3) is 0 Å². The molecule has 1 unspecified atom stereocenters. The molecule has 1 aliphatic heterocycles. The number of aliphatic hydroxyl groups excluding tert-OH is 1. The molecule has 0 aliphatic carbocycles. The highest BCUT2D eigenvalue weighted by molar-refractivity contribution is 7.88. The van der Waals surface area contributed by atoms with E-state index in [1.54, 1.807) is 54.6 Å². The Hall–Kier alpha value is -3.28. The Kier molecular flexibility index (Phi) is 8.37. The van der Waals surface area contributed by atoms with Crippen molar-refractivity contribution >= 4 is 27.7 Å². The van der Waals surface area contributed by atoms with Crippen LogP contribution in [0.15, 0.2) is 54.6 Å². The van der Waals surface area contributed by atoms with Crippen LogP contribution in [0.2, 0.25) is 0 Å². The SMILES string of the molecule is N=C(N)c1ccc(CNC(=O)C2CCCN2C(=O)[C@@H](CO)NS(=O)(=O)Cc2ccccc2)cc1. The normalized spacial score (nSPS) is 16.7. The number of nitrogens with zero attached hydrogens (tertiary/aromatic N) is 1. The fourth-order valence-corrected chi connectivity index (χ4v) is 5.15. The highest BCUT2D eigenvalue weighted by Gasteiger charge is 2.38. The third-order valence-electron chi connectivity index (χ3n) is 5.57. The third-order valence-corrected chi connectivity index (χ3v) is 6.93. The van der Waals surface area contributed by atoms with E-state index in [1.165, 1.54) is 4.90 Å². The number of aliphatic hydroxyl groups is 1. The van der Waals surface area contributed by atoms with Crippen LogP contribution in [0.5, 0.6) is 0 Å². The van der Waals surface area contributed by atoms with E-state index in [1.807, 2.05) is 0 Å². The number of hydrogen-bond acceptors (Lipinski definition) is 6. The molecule has 10 nitrogen and oxygen atoms in total. The molecule has 1 aliphatic rings. The molecule has 3 rings (SSSR count). The number of nitrogens with one attached hydrogen (secondary N) is 3. The van der Waals surface area contributed by atoms with Crippen LogP contribution in [0.4, 0.5) is 0 Å². The van der Waals surface area contributed by atoms with E-state index in [-0.39, 0.29) is 24.0 Å². The number of nitrogen functional groups attached to an aromatic ring is 1. The van der Waals surface area contributed by atoms with Crippen LogP contribution in [0.1, 0.15) is 29.5 Å². The van der Waals surface area contributed by atoms with Crippen LogP contribution in [-0.2, 0) is 31.9 Å². The Balaban J connectivity index is 1.61. The Labute approximate surface area is 198 Å². The number of amides is 2. The summed E-state index contributed by atoms with van der Waals surface area (Å²) in [4.78, 5) is 27.1. The zero-order valence-corrected chi connectivity index (χ0v) is 19.4. The fourth-order valence-electron chi connectivity index (χ4n) is 3.83. The highest BCUT2D eigenvalue weighted by Crippen LogP contribution is 2.19. The van der Waals surface area contributed by atoms with E-state index in [0.29, 0.717) is 30.5 Å². The molecule has 1 saturated heterocycles. The first kappa shape index (κ1) is 25.3. The average molecular weight is 488 g/mol. The smallest absolute Gasteiger partial charge is 0.243 e. The molecule has 0 radical (unpaired) electrons. The molecule has 1 fully saturated rings. The Bertz CT molecular complexity index is 1120. The van der Waals surface area contributed by atoms with Gasteiger partial charge in [-0.1, -0.05) is 54.6 Å². The van der Waals surface area contributed by atoms with Gasteiger partial charge in [0.2, 0.25) is 21.8 Å². The number of likely N-dealkylation sites (tertiary alicyclic amines) is 1. The zero-order valence-electron chi connectivity index (χ0n) is 18.6. The molecule has 2 aromatic rings. The van der Waals surface area contributed by atoms with Gasteiger partial charge in [0.15, 0.2) is 0 Å². The molecular formula is C23H29N5O5S. The summed E-state index contributed by atoms with van der Waals surface area (Å²) in [6, 6.07) is 13.2. The predicted octanol–water partition coefficient (Wildman–Crippen LogP) is 0.0584. The maximum atomic E-state index is 13.0. The number of carbonyl (C=O) groups excluding carboxylic acids is 2. The second-order valence-corrected chi connectivity index (χ2v) is 9.87. The molecule has 11 heteroatoms. The van der Waals surface area contributed by atoms with Gasteiger partial charge >= 0.3 is 0 Å². The summed E-state index contributed by atoms with van der Waals surface area (Å²) in [5.41, 5.74) is 7.37. The first-order valence-corrected chi connectivity index (χ1v) is 12.5. The molecule has 2 amide bonds. The Morgan fingerprint density at radius 3 is 2.41 bits per heavy atom. The number of nitrogens with two attached hydrogens (primary N) is 1. The van der Waals surface area contributed by atoms with Crippen molar-refractivity contribution in [1.82, 2.24) is 14.9 Å². The molecule has 0 spiro atoms. The minimum atomic E-state index is -3.90. The van der Waals surface area contributed by atoms with Crippen molar-refractivity contribution in [2.24, 2.45) is 5.73 Å². The maximum absolute atomic E-state index is 13.0. The van der Waals surface area contributed by atoms with E-state index < -0.39 is 34.6 Å². The van der Waals surface area contributed by atoms with Crippen molar-refractivity contribution in [2.45, 2.75) is 37.2 Å². The van der Waals surface area contributed by atoms with Crippen LogP contribution in [0.3, 0.4) is 0 Å². The topological polar surface area (TPSA) is 166 Å². The Morgan fingerprint density at radius 1 is 1.12 bits per heavy atom. The second-order valence-electron chi connectivity index (χ2n) is 8.12. The van der Waals surface area contributed by atoms with Gasteiger partial charge in [0, 0.05) is 18.7 Å². The van der Waals surface area contributed by atoms with Gasteiger partial charge in [0.1, 0.15) is 17.9 Å². The highest BCUT2D eigenvalue weighted by atomic mass is 32.2. The molecule has 0 aromatic heterocycles. The number of rotatable bonds is 10. The van der Waals surface area contributed by atoms with Crippen LogP contribution < -0.4 is 15.8 Å². The minimum Gasteiger partial charge on any atom is -0.394 e. The fraction of sp³-hybridized carbons (Fsp3) is 0.348. The lowest BCUT2D eigenvalue weighted by Crippen LogP contribution is -2.54. The maximum Gasteiger partial charge on any atom is 0.243 e. The quantitative estimate of drug-likeness (QED) is 0.235. The number of hydrogen-bond donors (Lipinski definition) is 5. The predicted molar refractivity (Wildman–Crippen MR) is 127 cm³/mol. The number of amidine groups is 1. The monoisotopic (exact) mass is 487 g/mol. The van der Waals surface area contributed by atoms with Crippen molar-refractivity contribution in [3.63, 3.8) is 0 Å². The van der Waals surface area contributed by atoms with Crippen molar-refractivity contribution < 1.29 is 23.1 Å². The van der Waals surface area contributed by atoms with E-state index in [9.17, 15) is 23.1 Å². The lowest BCUT2D eigenvalue weighted by atomic mass is 10.1. The van der Waals surface area contributed by atoms with E-state index >= 15 is 0 Å². The van der Waals surface area contributed by atoms with Crippen LogP contribution in [0, 0.1) is 5.41 Å². The number of sulfonamides is 1. The van der Waals surface area contributed by atoms with Crippen molar-refractivity contribution in [3.05, 3.63) is 71.3 Å². The first-order valence-electron chi connectivity index (χ1n) is 10.9. The summed E-state index contributed by atoms with van der Waals surface area (Å²) < 4.78 is 27.3. The molecule has 1 heterocycles. The number of carbonyl (C=O) groups is 2. The zero-order chi connectivity index (χ0) is 24.7. The molecular weight excluding hydrogens is 458 g/mol. The standard InChI is InChI=1S/C23H29N5O5S/c24-21(25)18-10-8-16(9-11-18)13-26-22(30)20-7-4-12-28(20)23(31)19(14-29)27-34(32,33)15-17-5-2-1-3-6-17/h1-3,5-6,8-11,19-20,27,29H,4,7,12-15H2,(H3,24,25)(H,26,30)/t19-,20?/m1/s1. The largest absolute Gasteiger partial charge is 0.394 e. The summed E-state index contributed by atoms with van der Waals surface area (Å²) in [6.07, 6.45) is 1.03. The van der Waals surface area contributed by atoms with Gasteiger partial charge < -0.3 is 21.1 Å². The summed E-state index contributed by atoms with van der Waals surface area (Å²) in [6.45, 7) is -0.204. The van der Waals surface area contributed by atoms with E-state index in [2.05, 4.69) is 10.0 Å². The first-order chi connectivity index (χ1) is 16.2. The van der Waals surface area contributed by atoms with Crippen molar-refractivity contribution in [1.29, 1.82) is 5.41 Å². The summed E-state index contributed by atoms with van der Waals surface area (Å²) in [5.74, 6) is -1.37. The van der Waals surface area contributed by atoms with E-state index in [0.717, 1.165) is 5.56 Å². The average Bonchev–Trinajstić information content (AvgIpc) is 3.31. The summed E-state index contributed by atoms with van der Waals surface area (Å²) in [5, 5.41) is 19.9. The van der Waals surface area contributed by atoms with Crippen LogP contribution >= 0.6 is 0 Å². The molecule has 0 bridgehead atoms. The molecule has 6 N–H and O–H groups in total. The van der Waals surface area contributed by atoms with Gasteiger partial charge in [-0.15, -0.1) is 0 Å². The van der Waals surface area contributed by atoms with Gasteiger partial charge in [0.25, 0.3) is 0 Å². The van der Waals surface area contributed by atoms with Crippen LogP contribution in [-0.4, -0.2) is 61.3 Å². The van der Waals surface area contributed by atoms with Gasteiger partial charge in [0.05, 0.1) is 12.4 Å². The minimum absolute atomic E-state index is 0.0477. The van der Waals surface area contributed by atoms with Crippen molar-refractivity contribution in [3.8, 4) is 0 Å². The second kappa shape index (κ2) is 11.2. The lowest BCUT2D eigenvalue weighted by Gasteiger charge is -2.28. The summed E-state index contributed by atoms with van der Waals surface area (Å²) in [7, 11) is -3.90. The van der Waals surface area contributed by atoms with Gasteiger partial charge in [-0.2, -0.15) is 0 Å².